The zero-order valence-corrected chi connectivity index (χ0v) is 13.1. The summed E-state index contributed by atoms with van der Waals surface area (Å²) in [5.41, 5.74) is 6.44. The predicted molar refractivity (Wildman–Crippen MR) is 97.3 cm³/mol. The Morgan fingerprint density at radius 2 is 1.21 bits per heavy atom. The van der Waals surface area contributed by atoms with Crippen molar-refractivity contribution in [1.82, 2.24) is 0 Å². The zero-order chi connectivity index (χ0) is 16.4. The van der Waals surface area contributed by atoms with E-state index in [1.54, 1.807) is 12.1 Å². The molecule has 0 saturated heterocycles. The third-order valence-corrected chi connectivity index (χ3v) is 4.22. The molecule has 3 aromatic carbocycles. The standard InChI is InChI=1S/C22H16FN/c23-19-13-11-17(12-14-19)21-15-20(16-7-3-1-4-8-16)22(24-21)18-9-5-2-6-10-18/h1-14H,15H2. The molecular weight excluding hydrogens is 297 g/mol. The number of aliphatic imine (C=N–C) groups is 1. The first-order valence-electron chi connectivity index (χ1n) is 7.99. The minimum absolute atomic E-state index is 0.225. The Morgan fingerprint density at radius 1 is 0.625 bits per heavy atom. The molecule has 1 aliphatic rings. The molecule has 1 heterocycles. The van der Waals surface area contributed by atoms with E-state index in [1.165, 1.54) is 23.3 Å². The van der Waals surface area contributed by atoms with Crippen LogP contribution in [0.1, 0.15) is 23.1 Å². The highest BCUT2D eigenvalue weighted by Gasteiger charge is 2.21. The summed E-state index contributed by atoms with van der Waals surface area (Å²) in [6, 6.07) is 27.1. The number of allylic oxidation sites excluding steroid dienone is 1. The van der Waals surface area contributed by atoms with Crippen molar-refractivity contribution < 1.29 is 4.39 Å². The van der Waals surface area contributed by atoms with Gasteiger partial charge in [0, 0.05) is 12.0 Å². The smallest absolute Gasteiger partial charge is 0.123 e. The van der Waals surface area contributed by atoms with Crippen LogP contribution in [0, 0.1) is 5.82 Å². The number of halogens is 1. The number of nitrogens with zero attached hydrogens (tertiary/aromatic N) is 1. The van der Waals surface area contributed by atoms with Crippen molar-refractivity contribution >= 4 is 17.0 Å². The molecule has 0 aromatic heterocycles. The Bertz CT molecular complexity index is 907. The Labute approximate surface area is 140 Å². The van der Waals surface area contributed by atoms with Gasteiger partial charge >= 0.3 is 0 Å². The summed E-state index contributed by atoms with van der Waals surface area (Å²) in [5.74, 6) is -0.225. The van der Waals surface area contributed by atoms with Gasteiger partial charge in [-0.2, -0.15) is 0 Å². The molecule has 0 spiro atoms. The SMILES string of the molecule is Fc1ccc(C2=NC(c3ccccc3)=C(c3ccccc3)C2)cc1. The van der Waals surface area contributed by atoms with Gasteiger partial charge in [0.25, 0.3) is 0 Å². The minimum Gasteiger partial charge on any atom is -0.252 e. The van der Waals surface area contributed by atoms with Crippen LogP contribution >= 0.6 is 0 Å². The minimum atomic E-state index is -0.225. The summed E-state index contributed by atoms with van der Waals surface area (Å²) in [4.78, 5) is 4.89. The molecule has 0 bridgehead atoms. The summed E-state index contributed by atoms with van der Waals surface area (Å²) in [6.45, 7) is 0. The maximum absolute atomic E-state index is 13.2. The fourth-order valence-electron chi connectivity index (χ4n) is 3.01. The molecule has 1 nitrogen and oxygen atoms in total. The average molecular weight is 313 g/mol. The van der Waals surface area contributed by atoms with Crippen LogP contribution in [-0.4, -0.2) is 5.71 Å². The van der Waals surface area contributed by atoms with E-state index in [4.69, 9.17) is 4.99 Å². The molecule has 2 heteroatoms. The van der Waals surface area contributed by atoms with Crippen LogP contribution in [0.2, 0.25) is 0 Å². The van der Waals surface area contributed by atoms with Crippen LogP contribution in [0.5, 0.6) is 0 Å². The van der Waals surface area contributed by atoms with Crippen molar-refractivity contribution in [2.24, 2.45) is 4.99 Å². The van der Waals surface area contributed by atoms with Gasteiger partial charge in [0.1, 0.15) is 5.82 Å². The van der Waals surface area contributed by atoms with E-state index in [0.717, 1.165) is 29.0 Å². The van der Waals surface area contributed by atoms with E-state index in [1.807, 2.05) is 36.4 Å². The molecular formula is C22H16FN. The molecule has 0 fully saturated rings. The molecule has 1 aliphatic heterocycles. The highest BCUT2D eigenvalue weighted by atomic mass is 19.1. The van der Waals surface area contributed by atoms with Gasteiger partial charge in [0.15, 0.2) is 0 Å². The van der Waals surface area contributed by atoms with Gasteiger partial charge in [-0.15, -0.1) is 0 Å². The van der Waals surface area contributed by atoms with E-state index < -0.39 is 0 Å². The van der Waals surface area contributed by atoms with Crippen molar-refractivity contribution in [1.29, 1.82) is 0 Å². The van der Waals surface area contributed by atoms with Crippen LogP contribution in [0.15, 0.2) is 89.9 Å². The third-order valence-electron chi connectivity index (χ3n) is 4.22. The monoisotopic (exact) mass is 313 g/mol. The highest BCUT2D eigenvalue weighted by molar-refractivity contribution is 6.16. The molecule has 4 rings (SSSR count). The number of benzene rings is 3. The lowest BCUT2D eigenvalue weighted by Crippen LogP contribution is -1.98. The van der Waals surface area contributed by atoms with Crippen LogP contribution < -0.4 is 0 Å². The lowest BCUT2D eigenvalue weighted by Gasteiger charge is -2.06. The van der Waals surface area contributed by atoms with Crippen molar-refractivity contribution in [3.8, 4) is 0 Å². The van der Waals surface area contributed by atoms with Crippen LogP contribution in [0.3, 0.4) is 0 Å². The van der Waals surface area contributed by atoms with Gasteiger partial charge in [-0.25, -0.2) is 4.39 Å². The number of hydrogen-bond acceptors (Lipinski definition) is 1. The summed E-state index contributed by atoms with van der Waals surface area (Å²) in [6.07, 6.45) is 0.750. The quantitative estimate of drug-likeness (QED) is 0.598. The van der Waals surface area contributed by atoms with Crippen LogP contribution in [0.4, 0.5) is 4.39 Å². The lowest BCUT2D eigenvalue weighted by atomic mass is 9.96. The zero-order valence-electron chi connectivity index (χ0n) is 13.1. The molecule has 0 N–H and O–H groups in total. The second kappa shape index (κ2) is 6.25. The van der Waals surface area contributed by atoms with Crippen molar-refractivity contribution in [2.75, 3.05) is 0 Å². The molecule has 24 heavy (non-hydrogen) atoms. The van der Waals surface area contributed by atoms with E-state index in [-0.39, 0.29) is 5.82 Å². The fourth-order valence-corrected chi connectivity index (χ4v) is 3.01. The Morgan fingerprint density at radius 3 is 1.83 bits per heavy atom. The lowest BCUT2D eigenvalue weighted by molar-refractivity contribution is 0.628. The van der Waals surface area contributed by atoms with Gasteiger partial charge in [-0.3, -0.25) is 4.99 Å². The van der Waals surface area contributed by atoms with Gasteiger partial charge in [-0.1, -0.05) is 72.8 Å². The van der Waals surface area contributed by atoms with E-state index >= 15 is 0 Å². The van der Waals surface area contributed by atoms with Crippen molar-refractivity contribution in [2.45, 2.75) is 6.42 Å². The van der Waals surface area contributed by atoms with Gasteiger partial charge < -0.3 is 0 Å². The van der Waals surface area contributed by atoms with Crippen molar-refractivity contribution in [3.63, 3.8) is 0 Å². The maximum atomic E-state index is 13.2. The van der Waals surface area contributed by atoms with Gasteiger partial charge in [0.05, 0.1) is 11.4 Å². The Hall–Kier alpha value is -3.00. The van der Waals surface area contributed by atoms with E-state index in [2.05, 4.69) is 24.3 Å². The predicted octanol–water partition coefficient (Wildman–Crippen LogP) is 5.59. The highest BCUT2D eigenvalue weighted by Crippen LogP contribution is 2.36. The fraction of sp³-hybridized carbons (Fsp3) is 0.0455. The van der Waals surface area contributed by atoms with Gasteiger partial charge in [0.2, 0.25) is 0 Å². The second-order valence-corrected chi connectivity index (χ2v) is 5.80. The molecule has 3 aromatic rings. The second-order valence-electron chi connectivity index (χ2n) is 5.80. The average Bonchev–Trinajstić information content (AvgIpc) is 3.09. The Kier molecular flexibility index (Phi) is 3.80. The summed E-state index contributed by atoms with van der Waals surface area (Å²) in [5, 5.41) is 0. The van der Waals surface area contributed by atoms with Crippen molar-refractivity contribution in [3.05, 3.63) is 107 Å². The normalized spacial score (nSPS) is 14.0. The number of hydrogen-bond donors (Lipinski definition) is 0. The van der Waals surface area contributed by atoms with E-state index in [0.29, 0.717) is 0 Å². The molecule has 0 unspecified atom stereocenters. The van der Waals surface area contributed by atoms with E-state index in [9.17, 15) is 4.39 Å². The molecule has 0 radical (unpaired) electrons. The third kappa shape index (κ3) is 2.79. The Balaban J connectivity index is 1.80. The molecule has 0 aliphatic carbocycles. The van der Waals surface area contributed by atoms with Crippen LogP contribution in [-0.2, 0) is 0 Å². The first-order chi connectivity index (χ1) is 11.8. The summed E-state index contributed by atoms with van der Waals surface area (Å²) >= 11 is 0. The van der Waals surface area contributed by atoms with Crippen LogP contribution in [0.25, 0.3) is 11.3 Å². The topological polar surface area (TPSA) is 12.4 Å². The maximum Gasteiger partial charge on any atom is 0.123 e. The molecule has 116 valence electrons. The largest absolute Gasteiger partial charge is 0.252 e. The first kappa shape index (κ1) is 14.6. The van der Waals surface area contributed by atoms with Gasteiger partial charge in [-0.05, 0) is 28.8 Å². The molecule has 0 amide bonds. The summed E-state index contributed by atoms with van der Waals surface area (Å²) in [7, 11) is 0. The molecule has 0 atom stereocenters. The summed E-state index contributed by atoms with van der Waals surface area (Å²) < 4.78 is 13.2. The molecule has 0 saturated carbocycles. The first-order valence-corrected chi connectivity index (χ1v) is 7.99. The number of rotatable bonds is 3.